The zero-order chi connectivity index (χ0) is 27.6. The quantitative estimate of drug-likeness (QED) is 0.218. The van der Waals surface area contributed by atoms with Gasteiger partial charge >= 0.3 is 5.97 Å². The number of carboxylic acids is 1. The number of carbonyl (C=O) groups is 1. The van der Waals surface area contributed by atoms with Gasteiger partial charge in [-0.05, 0) is 84.3 Å². The predicted octanol–water partition coefficient (Wildman–Crippen LogP) is 9.22. The lowest BCUT2D eigenvalue weighted by Gasteiger charge is -1.94. The van der Waals surface area contributed by atoms with Crippen molar-refractivity contribution in [2.24, 2.45) is 17.8 Å². The maximum atomic E-state index is 10.1. The van der Waals surface area contributed by atoms with Crippen LogP contribution in [0.2, 0.25) is 0 Å². The third kappa shape index (κ3) is 103. The van der Waals surface area contributed by atoms with Gasteiger partial charge in [-0.2, -0.15) is 0 Å². The molecule has 0 amide bonds. The molecule has 0 aliphatic carbocycles. The minimum atomic E-state index is -0.829. The molecule has 0 radical (unpaired) electrons. The van der Waals surface area contributed by atoms with Gasteiger partial charge in [0.15, 0.2) is 0 Å². The summed E-state index contributed by atoms with van der Waals surface area (Å²) >= 11 is 0. The molecule has 0 aromatic rings. The molecule has 196 valence electrons. The average molecular weight is 461 g/mol. The molecule has 0 aromatic heterocycles. The van der Waals surface area contributed by atoms with Gasteiger partial charge in [0, 0.05) is 5.57 Å². The van der Waals surface area contributed by atoms with E-state index in [1.807, 2.05) is 34.6 Å². The smallest absolute Gasteiger partial charge is 0.331 e. The predicted molar refractivity (Wildman–Crippen MR) is 146 cm³/mol. The molecule has 0 atom stereocenters. The largest absolute Gasteiger partial charge is 0.516 e. The van der Waals surface area contributed by atoms with Crippen molar-refractivity contribution >= 4 is 5.97 Å². The number of hydrogen-bond donors (Lipinski definition) is 3. The molecule has 4 heteroatoms. The monoisotopic (exact) mass is 460 g/mol. The Morgan fingerprint density at radius 1 is 0.656 bits per heavy atom. The first-order chi connectivity index (χ1) is 14.2. The number of hydrogen-bond acceptors (Lipinski definition) is 3. The molecular weight excluding hydrogens is 400 g/mol. The van der Waals surface area contributed by atoms with Crippen molar-refractivity contribution in [2.45, 2.75) is 118 Å². The third-order valence-corrected chi connectivity index (χ3v) is 2.42. The fraction of sp³-hybridized carbons (Fsp3) is 0.750. The second-order valence-electron chi connectivity index (χ2n) is 10.3. The second-order valence-corrected chi connectivity index (χ2v) is 10.3. The molecular formula is C28H60O4. The van der Waals surface area contributed by atoms with E-state index in [0.717, 1.165) is 40.7 Å². The van der Waals surface area contributed by atoms with Crippen LogP contribution in [0.3, 0.4) is 0 Å². The van der Waals surface area contributed by atoms with E-state index >= 15 is 0 Å². The van der Waals surface area contributed by atoms with Gasteiger partial charge in [-0.3, -0.25) is 0 Å². The van der Waals surface area contributed by atoms with Gasteiger partial charge in [-0.1, -0.05) is 73.5 Å². The number of allylic oxidation sites excluding steroid dienone is 3. The van der Waals surface area contributed by atoms with Crippen molar-refractivity contribution in [3.63, 3.8) is 0 Å². The minimum Gasteiger partial charge on any atom is -0.516 e. The highest BCUT2D eigenvalue weighted by Gasteiger charge is 1.99. The fourth-order valence-electron chi connectivity index (χ4n) is 0.372. The van der Waals surface area contributed by atoms with Crippen LogP contribution in [0, 0.1) is 17.8 Å². The first-order valence-corrected chi connectivity index (χ1v) is 11.6. The molecule has 0 aromatic carbocycles. The Bertz CT molecular complexity index is 459. The van der Waals surface area contributed by atoms with E-state index in [9.17, 15) is 4.79 Å². The van der Waals surface area contributed by atoms with Crippen LogP contribution in [0.4, 0.5) is 0 Å². The van der Waals surface area contributed by atoms with Crippen molar-refractivity contribution in [3.05, 3.63) is 34.1 Å². The fourth-order valence-corrected chi connectivity index (χ4v) is 0.372. The molecule has 0 bridgehead atoms. The van der Waals surface area contributed by atoms with Crippen molar-refractivity contribution < 1.29 is 20.1 Å². The summed E-state index contributed by atoms with van der Waals surface area (Å²) in [6.45, 7) is 34.4. The van der Waals surface area contributed by atoms with Crippen LogP contribution in [0.25, 0.3) is 0 Å². The Hall–Kier alpha value is -1.55. The topological polar surface area (TPSA) is 77.8 Å². The summed E-state index contributed by atoms with van der Waals surface area (Å²) in [6.07, 6.45) is 1.08. The number of rotatable bonds is 2. The summed E-state index contributed by atoms with van der Waals surface area (Å²) in [5, 5.41) is 24.7. The normalized spacial score (nSPS) is 8.41. The molecule has 0 saturated carbocycles. The van der Waals surface area contributed by atoms with E-state index in [1.165, 1.54) is 5.57 Å². The van der Waals surface area contributed by atoms with Crippen LogP contribution in [0.1, 0.15) is 118 Å². The Morgan fingerprint density at radius 2 is 0.875 bits per heavy atom. The molecule has 0 fully saturated rings. The SMILES string of the molecule is CC(C)=C(C)C(=O)O.CC(C)=C(C)CO.CC(C)=CO.CC(C)C.CC(C)C.CC(C)C. The Labute approximate surface area is 202 Å². The van der Waals surface area contributed by atoms with E-state index in [0.29, 0.717) is 5.57 Å². The molecule has 0 saturated heterocycles. The zero-order valence-electron chi connectivity index (χ0n) is 24.8. The molecule has 0 aliphatic heterocycles. The second kappa shape index (κ2) is 31.6. The molecule has 3 N–H and O–H groups in total. The van der Waals surface area contributed by atoms with Crippen LogP contribution < -0.4 is 0 Å². The summed E-state index contributed by atoms with van der Waals surface area (Å²) in [5.74, 6) is 1.67. The van der Waals surface area contributed by atoms with Gasteiger partial charge < -0.3 is 15.3 Å². The highest BCUT2D eigenvalue weighted by atomic mass is 16.4. The highest BCUT2D eigenvalue weighted by molar-refractivity contribution is 5.86. The molecule has 4 nitrogen and oxygen atoms in total. The molecule has 0 heterocycles. The molecule has 0 aliphatic rings. The Morgan fingerprint density at radius 3 is 0.875 bits per heavy atom. The first-order valence-electron chi connectivity index (χ1n) is 11.6. The van der Waals surface area contributed by atoms with Crippen molar-refractivity contribution in [3.8, 4) is 0 Å². The van der Waals surface area contributed by atoms with Gasteiger partial charge in [0.2, 0.25) is 0 Å². The van der Waals surface area contributed by atoms with E-state index in [1.54, 1.807) is 20.8 Å². The third-order valence-electron chi connectivity index (χ3n) is 2.42. The minimum absolute atomic E-state index is 0.197. The maximum absolute atomic E-state index is 10.1. The van der Waals surface area contributed by atoms with E-state index in [4.69, 9.17) is 15.3 Å². The Kier molecular flexibility index (Phi) is 43.7. The van der Waals surface area contributed by atoms with E-state index < -0.39 is 5.97 Å². The summed E-state index contributed by atoms with van der Waals surface area (Å²) in [4.78, 5) is 10.1. The first kappa shape index (κ1) is 44.2. The van der Waals surface area contributed by atoms with Crippen LogP contribution >= 0.6 is 0 Å². The Balaban J connectivity index is -0.0000000651. The molecule has 32 heavy (non-hydrogen) atoms. The molecule has 0 unspecified atom stereocenters. The summed E-state index contributed by atoms with van der Waals surface area (Å²) < 4.78 is 0. The lowest BCUT2D eigenvalue weighted by Crippen LogP contribution is -1.97. The summed E-state index contributed by atoms with van der Waals surface area (Å²) in [5.41, 5.74) is 4.51. The number of aliphatic hydroxyl groups excluding tert-OH is 2. The van der Waals surface area contributed by atoms with Gasteiger partial charge in [0.1, 0.15) is 0 Å². The van der Waals surface area contributed by atoms with Crippen molar-refractivity contribution in [1.82, 2.24) is 0 Å². The van der Waals surface area contributed by atoms with Crippen molar-refractivity contribution in [1.29, 1.82) is 0 Å². The average Bonchev–Trinajstić information content (AvgIpc) is 2.59. The van der Waals surface area contributed by atoms with Gasteiger partial charge in [-0.25, -0.2) is 4.79 Å². The summed E-state index contributed by atoms with van der Waals surface area (Å²) in [6, 6.07) is 0. The van der Waals surface area contributed by atoms with Crippen LogP contribution in [-0.2, 0) is 4.79 Å². The van der Waals surface area contributed by atoms with Gasteiger partial charge in [0.25, 0.3) is 0 Å². The van der Waals surface area contributed by atoms with Crippen LogP contribution in [-0.4, -0.2) is 27.9 Å². The molecule has 0 rings (SSSR count). The van der Waals surface area contributed by atoms with E-state index in [2.05, 4.69) is 62.3 Å². The van der Waals surface area contributed by atoms with E-state index in [-0.39, 0.29) is 6.61 Å². The molecule has 0 spiro atoms. The van der Waals surface area contributed by atoms with Crippen molar-refractivity contribution in [2.75, 3.05) is 6.61 Å². The lowest BCUT2D eigenvalue weighted by atomic mass is 10.2. The summed E-state index contributed by atoms with van der Waals surface area (Å²) in [7, 11) is 0. The number of aliphatic carboxylic acids is 1. The van der Waals surface area contributed by atoms with Crippen LogP contribution in [0.5, 0.6) is 0 Å². The van der Waals surface area contributed by atoms with Crippen LogP contribution in [0.15, 0.2) is 34.1 Å². The zero-order valence-corrected chi connectivity index (χ0v) is 24.8. The number of aliphatic hydroxyl groups is 2. The highest BCUT2D eigenvalue weighted by Crippen LogP contribution is 2.00. The maximum Gasteiger partial charge on any atom is 0.331 e. The lowest BCUT2D eigenvalue weighted by molar-refractivity contribution is -0.132. The number of carboxylic acid groups (broad SMARTS) is 1. The van der Waals surface area contributed by atoms with Gasteiger partial charge in [0.05, 0.1) is 12.9 Å². The van der Waals surface area contributed by atoms with Gasteiger partial charge in [-0.15, -0.1) is 0 Å². The standard InChI is InChI=1S/C6H10O2.C6H12O.C4H8O.3C4H10/c1-4(2)5(3)6(7)8;1-5(2)6(3)4-7;1-4(2)3-5;3*1-4(2)3/h1-3H3,(H,7,8);7H,4H2,1-3H3;3,5H,1-2H3;3*4H,1-3H3.